The molecule has 0 saturated heterocycles. The third-order valence-corrected chi connectivity index (χ3v) is 7.13. The Kier molecular flexibility index (Phi) is 5.64. The Morgan fingerprint density at radius 2 is 2.00 bits per heavy atom. The van der Waals surface area contributed by atoms with Gasteiger partial charge in [0, 0.05) is 28.1 Å². The molecule has 0 unspecified atom stereocenters. The van der Waals surface area contributed by atoms with Gasteiger partial charge in [0.15, 0.2) is 0 Å². The number of rotatable bonds is 7. The Labute approximate surface area is 197 Å². The van der Waals surface area contributed by atoms with Crippen LogP contribution in [0.5, 0.6) is 5.75 Å². The van der Waals surface area contributed by atoms with Gasteiger partial charge in [-0.25, -0.2) is 0 Å². The fraction of sp³-hybridized carbons (Fsp3) is 0.259. The van der Waals surface area contributed by atoms with E-state index >= 15 is 0 Å². The van der Waals surface area contributed by atoms with Gasteiger partial charge < -0.3 is 15.8 Å². The fourth-order valence-corrected chi connectivity index (χ4v) is 5.02. The molecule has 6 heteroatoms. The van der Waals surface area contributed by atoms with Gasteiger partial charge in [-0.15, -0.1) is 11.3 Å². The van der Waals surface area contributed by atoms with Gasteiger partial charge in [-0.3, -0.25) is 9.78 Å². The first-order valence-electron chi connectivity index (χ1n) is 11.2. The van der Waals surface area contributed by atoms with Crippen molar-refractivity contribution < 1.29 is 9.53 Å². The van der Waals surface area contributed by atoms with Gasteiger partial charge >= 0.3 is 0 Å². The minimum absolute atomic E-state index is 0.0852. The van der Waals surface area contributed by atoms with Crippen LogP contribution in [0.3, 0.4) is 0 Å². The first kappa shape index (κ1) is 21.6. The quantitative estimate of drug-likeness (QED) is 0.393. The standard InChI is InChI=1S/C27H27N3O2S/c1-17-5-7-20(32-12-11-28)16-22(17)26(31)30-27(9-10-27)23-14-19(25-4-3-13-33-25)15-24-21(23)8-6-18(2)29-24/h3-8,13-16H,9-12,28H2,1-2H3,(H,30,31). The Morgan fingerprint density at radius 3 is 2.73 bits per heavy atom. The number of nitrogens with zero attached hydrogens (tertiary/aromatic N) is 1. The van der Waals surface area contributed by atoms with Crippen LogP contribution >= 0.6 is 11.3 Å². The Bertz CT molecular complexity index is 1330. The summed E-state index contributed by atoms with van der Waals surface area (Å²) >= 11 is 1.71. The highest BCUT2D eigenvalue weighted by Crippen LogP contribution is 2.49. The maximum absolute atomic E-state index is 13.4. The third kappa shape index (κ3) is 4.24. The first-order valence-corrected chi connectivity index (χ1v) is 12.1. The number of aryl methyl sites for hydroxylation is 2. The van der Waals surface area contributed by atoms with Crippen LogP contribution in [0.4, 0.5) is 0 Å². The summed E-state index contributed by atoms with van der Waals surface area (Å²) in [7, 11) is 0. The van der Waals surface area contributed by atoms with Crippen LogP contribution < -0.4 is 15.8 Å². The maximum atomic E-state index is 13.4. The van der Waals surface area contributed by atoms with Gasteiger partial charge in [0.05, 0.1) is 11.1 Å². The summed E-state index contributed by atoms with van der Waals surface area (Å²) in [5.41, 5.74) is 10.9. The number of benzene rings is 2. The van der Waals surface area contributed by atoms with Crippen LogP contribution in [-0.4, -0.2) is 24.0 Å². The van der Waals surface area contributed by atoms with Gasteiger partial charge in [0.2, 0.25) is 0 Å². The monoisotopic (exact) mass is 457 g/mol. The molecule has 33 heavy (non-hydrogen) atoms. The number of amides is 1. The topological polar surface area (TPSA) is 77.2 Å². The SMILES string of the molecule is Cc1ccc2c(C3(NC(=O)c4cc(OCCN)ccc4C)CC3)cc(-c3cccs3)cc2n1. The lowest BCUT2D eigenvalue weighted by Crippen LogP contribution is -2.35. The molecule has 2 aromatic carbocycles. The zero-order valence-corrected chi connectivity index (χ0v) is 19.7. The van der Waals surface area contributed by atoms with Crippen molar-refractivity contribution in [2.75, 3.05) is 13.2 Å². The van der Waals surface area contributed by atoms with E-state index in [1.54, 1.807) is 11.3 Å². The fourth-order valence-electron chi connectivity index (χ4n) is 4.30. The van der Waals surface area contributed by atoms with Gasteiger partial charge in [-0.2, -0.15) is 0 Å². The van der Waals surface area contributed by atoms with Crippen LogP contribution in [0.1, 0.15) is 40.0 Å². The predicted molar refractivity (Wildman–Crippen MR) is 134 cm³/mol. The van der Waals surface area contributed by atoms with Crippen molar-refractivity contribution in [2.24, 2.45) is 5.73 Å². The van der Waals surface area contributed by atoms with Crippen LogP contribution in [0.25, 0.3) is 21.3 Å². The zero-order chi connectivity index (χ0) is 23.0. The van der Waals surface area contributed by atoms with Crippen molar-refractivity contribution in [3.05, 3.63) is 82.4 Å². The van der Waals surface area contributed by atoms with Crippen molar-refractivity contribution in [2.45, 2.75) is 32.2 Å². The molecule has 0 atom stereocenters. The predicted octanol–water partition coefficient (Wildman–Crippen LogP) is 5.34. The molecule has 1 fully saturated rings. The van der Waals surface area contributed by atoms with Crippen molar-refractivity contribution in [1.29, 1.82) is 0 Å². The third-order valence-electron chi connectivity index (χ3n) is 6.21. The Hall–Kier alpha value is -3.22. The number of hydrogen-bond donors (Lipinski definition) is 2. The lowest BCUT2D eigenvalue weighted by atomic mass is 9.95. The van der Waals surface area contributed by atoms with E-state index in [0.717, 1.165) is 46.1 Å². The highest BCUT2D eigenvalue weighted by Gasteiger charge is 2.47. The van der Waals surface area contributed by atoms with Crippen LogP contribution in [0.2, 0.25) is 0 Å². The van der Waals surface area contributed by atoms with E-state index in [1.165, 1.54) is 4.88 Å². The van der Waals surface area contributed by atoms with Gasteiger partial charge in [0.1, 0.15) is 12.4 Å². The molecule has 1 aliphatic carbocycles. The van der Waals surface area contributed by atoms with E-state index in [-0.39, 0.29) is 11.4 Å². The van der Waals surface area contributed by atoms with Crippen molar-refractivity contribution in [3.8, 4) is 16.2 Å². The molecule has 0 bridgehead atoms. The lowest BCUT2D eigenvalue weighted by molar-refractivity contribution is 0.0930. The molecule has 0 radical (unpaired) electrons. The molecule has 1 amide bonds. The maximum Gasteiger partial charge on any atom is 0.252 e. The average molecular weight is 458 g/mol. The highest BCUT2D eigenvalue weighted by molar-refractivity contribution is 7.13. The molecular formula is C27H27N3O2S. The molecule has 4 aromatic rings. The van der Waals surface area contributed by atoms with Crippen LogP contribution in [-0.2, 0) is 5.54 Å². The number of nitrogens with one attached hydrogen (secondary N) is 1. The number of thiophene rings is 1. The summed E-state index contributed by atoms with van der Waals surface area (Å²) in [5, 5.41) is 6.54. The molecule has 5 rings (SSSR count). The Balaban J connectivity index is 1.53. The van der Waals surface area contributed by atoms with Crippen molar-refractivity contribution >= 4 is 28.1 Å². The minimum atomic E-state index is -0.389. The number of ether oxygens (including phenoxy) is 1. The molecule has 1 aliphatic rings. The number of fused-ring (bicyclic) bond motifs is 1. The van der Waals surface area contributed by atoms with Gasteiger partial charge in [0.25, 0.3) is 5.91 Å². The summed E-state index contributed by atoms with van der Waals surface area (Å²) < 4.78 is 5.65. The number of carbonyl (C=O) groups is 1. The van der Waals surface area contributed by atoms with Gasteiger partial charge in [-0.1, -0.05) is 18.2 Å². The second kappa shape index (κ2) is 8.61. The molecule has 168 valence electrons. The van der Waals surface area contributed by atoms with E-state index in [4.69, 9.17) is 15.5 Å². The summed E-state index contributed by atoms with van der Waals surface area (Å²) in [6.45, 7) is 4.80. The second-order valence-electron chi connectivity index (χ2n) is 8.67. The molecule has 0 spiro atoms. The summed E-state index contributed by atoms with van der Waals surface area (Å²) in [6, 6.07) is 18.3. The number of hydrogen-bond acceptors (Lipinski definition) is 5. The first-order chi connectivity index (χ1) is 16.0. The number of pyridine rings is 1. The number of carbonyl (C=O) groups excluding carboxylic acids is 1. The summed E-state index contributed by atoms with van der Waals surface area (Å²) in [6.07, 6.45) is 1.80. The summed E-state index contributed by atoms with van der Waals surface area (Å²) in [5.74, 6) is 0.573. The van der Waals surface area contributed by atoms with E-state index in [1.807, 2.05) is 38.1 Å². The molecular weight excluding hydrogens is 430 g/mol. The minimum Gasteiger partial charge on any atom is -0.492 e. The molecule has 1 saturated carbocycles. The smallest absolute Gasteiger partial charge is 0.252 e. The average Bonchev–Trinajstić information content (AvgIpc) is 3.37. The lowest BCUT2D eigenvalue weighted by Gasteiger charge is -2.22. The van der Waals surface area contributed by atoms with E-state index in [0.29, 0.717) is 24.5 Å². The van der Waals surface area contributed by atoms with E-state index in [2.05, 4.69) is 41.0 Å². The highest BCUT2D eigenvalue weighted by atomic mass is 32.1. The molecule has 3 N–H and O–H groups in total. The van der Waals surface area contributed by atoms with E-state index < -0.39 is 0 Å². The van der Waals surface area contributed by atoms with Gasteiger partial charge in [-0.05, 0) is 85.2 Å². The molecule has 2 aromatic heterocycles. The largest absolute Gasteiger partial charge is 0.492 e. The normalized spacial score (nSPS) is 14.3. The molecule has 5 nitrogen and oxygen atoms in total. The summed E-state index contributed by atoms with van der Waals surface area (Å²) in [4.78, 5) is 19.4. The number of aromatic nitrogens is 1. The second-order valence-corrected chi connectivity index (χ2v) is 9.62. The Morgan fingerprint density at radius 1 is 1.15 bits per heavy atom. The molecule has 0 aliphatic heterocycles. The number of nitrogens with two attached hydrogens (primary N) is 1. The van der Waals surface area contributed by atoms with Crippen LogP contribution in [0, 0.1) is 13.8 Å². The van der Waals surface area contributed by atoms with Crippen molar-refractivity contribution in [1.82, 2.24) is 10.3 Å². The zero-order valence-electron chi connectivity index (χ0n) is 18.9. The van der Waals surface area contributed by atoms with E-state index in [9.17, 15) is 4.79 Å². The molecule has 2 heterocycles. The van der Waals surface area contributed by atoms with Crippen LogP contribution in [0.15, 0.2) is 60.0 Å². The van der Waals surface area contributed by atoms with Crippen molar-refractivity contribution in [3.63, 3.8) is 0 Å².